The van der Waals surface area contributed by atoms with Gasteiger partial charge in [0.25, 0.3) is 0 Å². The van der Waals surface area contributed by atoms with Crippen LogP contribution in [0.15, 0.2) is 31.0 Å². The number of hydrogen-bond acceptors (Lipinski definition) is 3. The van der Waals surface area contributed by atoms with Crippen LogP contribution >= 0.6 is 0 Å². The summed E-state index contributed by atoms with van der Waals surface area (Å²) in [7, 11) is 1.73. The van der Waals surface area contributed by atoms with Crippen LogP contribution in [0.1, 0.15) is 28.9 Å². The first-order valence-electron chi connectivity index (χ1n) is 6.32. The van der Waals surface area contributed by atoms with Crippen LogP contribution in [-0.4, -0.2) is 40.6 Å². The van der Waals surface area contributed by atoms with Gasteiger partial charge in [0, 0.05) is 26.3 Å². The fraction of sp³-hybridized carbons (Fsp3) is 0.357. The topological polar surface area (TPSA) is 82.5 Å². The summed E-state index contributed by atoms with van der Waals surface area (Å²) in [6.45, 7) is 4.61. The van der Waals surface area contributed by atoms with Gasteiger partial charge in [0.1, 0.15) is 5.69 Å². The summed E-state index contributed by atoms with van der Waals surface area (Å²) in [6, 6.07) is 2.88. The molecule has 20 heavy (non-hydrogen) atoms. The van der Waals surface area contributed by atoms with Crippen molar-refractivity contribution >= 4 is 12.0 Å². The SMILES string of the molecule is C=CCCCN(C)C(=O)NCc1ccc(C(=O)O)nc1. The molecule has 0 saturated carbocycles. The monoisotopic (exact) mass is 277 g/mol. The zero-order valence-electron chi connectivity index (χ0n) is 11.5. The highest BCUT2D eigenvalue weighted by atomic mass is 16.4. The molecular weight excluding hydrogens is 258 g/mol. The average Bonchev–Trinajstić information content (AvgIpc) is 2.45. The number of unbranched alkanes of at least 4 members (excludes halogenated alkanes) is 1. The van der Waals surface area contributed by atoms with Crippen molar-refractivity contribution in [2.75, 3.05) is 13.6 Å². The molecule has 0 unspecified atom stereocenters. The number of amides is 2. The first-order chi connectivity index (χ1) is 9.54. The molecular formula is C14H19N3O3. The molecule has 1 rings (SSSR count). The number of allylic oxidation sites excluding steroid dienone is 1. The van der Waals surface area contributed by atoms with Gasteiger partial charge in [-0.3, -0.25) is 0 Å². The van der Waals surface area contributed by atoms with Gasteiger partial charge in [0.2, 0.25) is 0 Å². The molecule has 1 heterocycles. The standard InChI is InChI=1S/C14H19N3O3/c1-3-4-5-8-17(2)14(20)16-10-11-6-7-12(13(18)19)15-9-11/h3,6-7,9H,1,4-5,8,10H2,2H3,(H,16,20)(H,18,19). The minimum atomic E-state index is -1.07. The van der Waals surface area contributed by atoms with Gasteiger partial charge in [0.05, 0.1) is 0 Å². The van der Waals surface area contributed by atoms with Crippen LogP contribution in [0, 0.1) is 0 Å². The number of pyridine rings is 1. The summed E-state index contributed by atoms with van der Waals surface area (Å²) >= 11 is 0. The lowest BCUT2D eigenvalue weighted by Gasteiger charge is -2.17. The summed E-state index contributed by atoms with van der Waals surface area (Å²) in [5.41, 5.74) is 0.740. The fourth-order valence-electron chi connectivity index (χ4n) is 1.54. The van der Waals surface area contributed by atoms with Gasteiger partial charge in [-0.15, -0.1) is 6.58 Å². The molecule has 2 amide bonds. The van der Waals surface area contributed by atoms with E-state index in [0.717, 1.165) is 18.4 Å². The molecule has 0 aliphatic carbocycles. The zero-order valence-corrected chi connectivity index (χ0v) is 11.5. The van der Waals surface area contributed by atoms with Gasteiger partial charge in [-0.1, -0.05) is 12.1 Å². The van der Waals surface area contributed by atoms with Gasteiger partial charge in [-0.25, -0.2) is 14.6 Å². The van der Waals surface area contributed by atoms with Crippen LogP contribution in [0.4, 0.5) is 4.79 Å². The van der Waals surface area contributed by atoms with Crippen molar-refractivity contribution in [1.29, 1.82) is 0 Å². The third kappa shape index (κ3) is 5.09. The Morgan fingerprint density at radius 1 is 1.50 bits per heavy atom. The first-order valence-corrected chi connectivity index (χ1v) is 6.32. The number of hydrogen-bond donors (Lipinski definition) is 2. The third-order valence-corrected chi connectivity index (χ3v) is 2.74. The average molecular weight is 277 g/mol. The van der Waals surface area contributed by atoms with Crippen molar-refractivity contribution in [2.45, 2.75) is 19.4 Å². The van der Waals surface area contributed by atoms with Crippen molar-refractivity contribution in [3.05, 3.63) is 42.2 Å². The molecule has 6 heteroatoms. The predicted molar refractivity (Wildman–Crippen MR) is 75.5 cm³/mol. The van der Waals surface area contributed by atoms with Gasteiger partial charge in [0.15, 0.2) is 0 Å². The number of carbonyl (C=O) groups is 2. The van der Waals surface area contributed by atoms with E-state index < -0.39 is 5.97 Å². The minimum absolute atomic E-state index is 0.0124. The highest BCUT2D eigenvalue weighted by Gasteiger charge is 2.08. The molecule has 0 spiro atoms. The van der Waals surface area contributed by atoms with Gasteiger partial charge >= 0.3 is 12.0 Å². The third-order valence-electron chi connectivity index (χ3n) is 2.74. The Balaban J connectivity index is 2.40. The first kappa shape index (κ1) is 15.7. The number of nitrogens with one attached hydrogen (secondary N) is 1. The number of aromatic carboxylic acids is 1. The van der Waals surface area contributed by atoms with Crippen molar-refractivity contribution in [3.63, 3.8) is 0 Å². The van der Waals surface area contributed by atoms with E-state index in [-0.39, 0.29) is 11.7 Å². The second kappa shape index (κ2) is 7.93. The number of carboxylic acids is 1. The van der Waals surface area contributed by atoms with Gasteiger partial charge in [-0.05, 0) is 24.5 Å². The van der Waals surface area contributed by atoms with E-state index in [1.165, 1.54) is 12.3 Å². The van der Waals surface area contributed by atoms with Crippen molar-refractivity contribution in [1.82, 2.24) is 15.2 Å². The lowest BCUT2D eigenvalue weighted by atomic mass is 10.2. The van der Waals surface area contributed by atoms with Crippen molar-refractivity contribution in [2.24, 2.45) is 0 Å². The summed E-state index contributed by atoms with van der Waals surface area (Å²) in [6.07, 6.45) is 5.02. The number of urea groups is 1. The highest BCUT2D eigenvalue weighted by Crippen LogP contribution is 2.01. The van der Waals surface area contributed by atoms with E-state index in [0.29, 0.717) is 13.1 Å². The quantitative estimate of drug-likeness (QED) is 0.589. The van der Waals surface area contributed by atoms with Gasteiger partial charge in [-0.2, -0.15) is 0 Å². The Morgan fingerprint density at radius 2 is 2.25 bits per heavy atom. The van der Waals surface area contributed by atoms with E-state index in [4.69, 9.17) is 5.11 Å². The molecule has 0 aliphatic heterocycles. The number of carbonyl (C=O) groups excluding carboxylic acids is 1. The fourth-order valence-corrected chi connectivity index (χ4v) is 1.54. The maximum absolute atomic E-state index is 11.8. The normalized spacial score (nSPS) is 9.85. The molecule has 2 N–H and O–H groups in total. The number of carboxylic acid groups (broad SMARTS) is 1. The van der Waals surface area contributed by atoms with Crippen LogP contribution in [-0.2, 0) is 6.54 Å². The molecule has 1 aromatic heterocycles. The summed E-state index contributed by atoms with van der Waals surface area (Å²) in [4.78, 5) is 27.8. The summed E-state index contributed by atoms with van der Waals surface area (Å²) < 4.78 is 0. The Bertz CT molecular complexity index is 471. The van der Waals surface area contributed by atoms with Crippen molar-refractivity contribution < 1.29 is 14.7 Å². The highest BCUT2D eigenvalue weighted by molar-refractivity contribution is 5.85. The Morgan fingerprint density at radius 3 is 2.80 bits per heavy atom. The molecule has 0 saturated heterocycles. The predicted octanol–water partition coefficient (Wildman–Crippen LogP) is 1.89. The second-order valence-electron chi connectivity index (χ2n) is 4.37. The van der Waals surface area contributed by atoms with Crippen LogP contribution in [0.5, 0.6) is 0 Å². The minimum Gasteiger partial charge on any atom is -0.477 e. The molecule has 1 aromatic rings. The molecule has 0 aliphatic rings. The summed E-state index contributed by atoms with van der Waals surface area (Å²) in [5.74, 6) is -1.07. The van der Waals surface area contributed by atoms with E-state index in [1.54, 1.807) is 18.0 Å². The molecule has 0 radical (unpaired) electrons. The van der Waals surface area contributed by atoms with Crippen molar-refractivity contribution in [3.8, 4) is 0 Å². The van der Waals surface area contributed by atoms with Gasteiger partial charge < -0.3 is 15.3 Å². The van der Waals surface area contributed by atoms with E-state index >= 15 is 0 Å². The Labute approximate surface area is 118 Å². The van der Waals surface area contributed by atoms with Crippen LogP contribution in [0.2, 0.25) is 0 Å². The largest absolute Gasteiger partial charge is 0.477 e. The Hall–Kier alpha value is -2.37. The lowest BCUT2D eigenvalue weighted by molar-refractivity contribution is 0.0690. The molecule has 0 aromatic carbocycles. The number of nitrogens with zero attached hydrogens (tertiary/aromatic N) is 2. The van der Waals surface area contributed by atoms with E-state index in [1.807, 2.05) is 6.08 Å². The maximum Gasteiger partial charge on any atom is 0.354 e. The molecule has 6 nitrogen and oxygen atoms in total. The molecule has 108 valence electrons. The van der Waals surface area contributed by atoms with E-state index in [2.05, 4.69) is 16.9 Å². The lowest BCUT2D eigenvalue weighted by Crippen LogP contribution is -2.37. The summed E-state index contributed by atoms with van der Waals surface area (Å²) in [5, 5.41) is 11.5. The molecule has 0 fully saturated rings. The smallest absolute Gasteiger partial charge is 0.354 e. The zero-order chi connectivity index (χ0) is 15.0. The van der Waals surface area contributed by atoms with Crippen LogP contribution in [0.3, 0.4) is 0 Å². The molecule has 0 bridgehead atoms. The second-order valence-corrected chi connectivity index (χ2v) is 4.37. The van der Waals surface area contributed by atoms with E-state index in [9.17, 15) is 9.59 Å². The molecule has 0 atom stereocenters. The van der Waals surface area contributed by atoms with Crippen LogP contribution in [0.25, 0.3) is 0 Å². The maximum atomic E-state index is 11.8. The number of rotatable bonds is 7. The Kier molecular flexibility index (Phi) is 6.22. The number of aromatic nitrogens is 1. The van der Waals surface area contributed by atoms with Crippen LogP contribution < -0.4 is 5.32 Å².